The number of pyridine rings is 1. The summed E-state index contributed by atoms with van der Waals surface area (Å²) in [6, 6.07) is 15.0. The van der Waals surface area contributed by atoms with Gasteiger partial charge in [0.1, 0.15) is 6.26 Å². The van der Waals surface area contributed by atoms with Gasteiger partial charge < -0.3 is 15.2 Å². The Hall–Kier alpha value is -3.48. The number of amides is 2. The molecule has 29 heavy (non-hydrogen) atoms. The fourth-order valence-corrected chi connectivity index (χ4v) is 3.62. The minimum Gasteiger partial charge on any atom is -0.364 e. The fourth-order valence-electron chi connectivity index (χ4n) is 3.62. The maximum Gasteiger partial charge on any atom is 0.273 e. The summed E-state index contributed by atoms with van der Waals surface area (Å²) in [5.41, 5.74) is 2.87. The van der Waals surface area contributed by atoms with E-state index in [4.69, 9.17) is 4.52 Å². The first-order valence-electron chi connectivity index (χ1n) is 9.72. The maximum absolute atomic E-state index is 12.7. The third-order valence-electron chi connectivity index (χ3n) is 5.19. The second-order valence-electron chi connectivity index (χ2n) is 7.19. The molecule has 0 atom stereocenters. The molecule has 1 aliphatic rings. The molecular weight excluding hydrogens is 368 g/mol. The number of carbonyl (C=O) groups excluding carboxylic acids is 2. The van der Waals surface area contributed by atoms with Crippen LogP contribution in [0.3, 0.4) is 0 Å². The number of benzene rings is 1. The van der Waals surface area contributed by atoms with Crippen molar-refractivity contribution in [3.05, 3.63) is 66.7 Å². The van der Waals surface area contributed by atoms with Gasteiger partial charge >= 0.3 is 0 Å². The standard InChI is InChI=1S/C22H22N4O3/c27-21(25-18-5-3-4-16(14-18)19-6-1-2-12-23-19)15-7-9-17(10-8-15)24-22(28)20-11-13-29-26-20/h1-6,11-15,17H,7-10H2,(H,24,28)(H,25,27)/t15-,17+. The van der Waals surface area contributed by atoms with E-state index in [9.17, 15) is 9.59 Å². The molecule has 0 spiro atoms. The van der Waals surface area contributed by atoms with Gasteiger partial charge in [-0.1, -0.05) is 23.4 Å². The lowest BCUT2D eigenvalue weighted by Crippen LogP contribution is -2.39. The zero-order valence-corrected chi connectivity index (χ0v) is 15.9. The Kier molecular flexibility index (Phi) is 5.65. The van der Waals surface area contributed by atoms with Crippen molar-refractivity contribution in [2.24, 2.45) is 5.92 Å². The van der Waals surface area contributed by atoms with Crippen LogP contribution in [-0.2, 0) is 4.79 Å². The molecule has 7 heteroatoms. The van der Waals surface area contributed by atoms with Crippen molar-refractivity contribution in [2.75, 3.05) is 5.32 Å². The molecule has 0 saturated heterocycles. The number of anilines is 1. The molecule has 0 bridgehead atoms. The van der Waals surface area contributed by atoms with Crippen molar-refractivity contribution in [3.63, 3.8) is 0 Å². The van der Waals surface area contributed by atoms with Crippen molar-refractivity contribution in [1.29, 1.82) is 0 Å². The first-order valence-corrected chi connectivity index (χ1v) is 9.72. The molecule has 148 valence electrons. The first-order chi connectivity index (χ1) is 14.2. The van der Waals surface area contributed by atoms with Crippen LogP contribution in [0.5, 0.6) is 0 Å². The van der Waals surface area contributed by atoms with Crippen LogP contribution >= 0.6 is 0 Å². The Balaban J connectivity index is 1.31. The average molecular weight is 390 g/mol. The second-order valence-corrected chi connectivity index (χ2v) is 7.19. The third-order valence-corrected chi connectivity index (χ3v) is 5.19. The van der Waals surface area contributed by atoms with Crippen LogP contribution < -0.4 is 10.6 Å². The number of carbonyl (C=O) groups is 2. The molecule has 7 nitrogen and oxygen atoms in total. The third kappa shape index (κ3) is 4.68. The summed E-state index contributed by atoms with van der Waals surface area (Å²) < 4.78 is 4.70. The Morgan fingerprint density at radius 3 is 2.59 bits per heavy atom. The molecule has 0 unspecified atom stereocenters. The van der Waals surface area contributed by atoms with Crippen LogP contribution in [-0.4, -0.2) is 28.0 Å². The summed E-state index contributed by atoms with van der Waals surface area (Å²) >= 11 is 0. The monoisotopic (exact) mass is 390 g/mol. The molecule has 2 heterocycles. The van der Waals surface area contributed by atoms with Gasteiger partial charge in [0.15, 0.2) is 5.69 Å². The zero-order valence-electron chi connectivity index (χ0n) is 15.9. The number of nitrogens with zero attached hydrogens (tertiary/aromatic N) is 2. The molecule has 1 saturated carbocycles. The molecule has 0 aliphatic heterocycles. The van der Waals surface area contributed by atoms with E-state index in [0.717, 1.165) is 42.6 Å². The maximum atomic E-state index is 12.7. The van der Waals surface area contributed by atoms with Crippen molar-refractivity contribution < 1.29 is 14.1 Å². The quantitative estimate of drug-likeness (QED) is 0.693. The summed E-state index contributed by atoms with van der Waals surface area (Å²) in [5.74, 6) is -0.281. The predicted octanol–water partition coefficient (Wildman–Crippen LogP) is 3.66. The summed E-state index contributed by atoms with van der Waals surface area (Å²) in [6.45, 7) is 0. The van der Waals surface area contributed by atoms with E-state index >= 15 is 0 Å². The number of nitrogens with one attached hydrogen (secondary N) is 2. The Morgan fingerprint density at radius 2 is 1.86 bits per heavy atom. The van der Waals surface area contributed by atoms with Crippen LogP contribution in [0.25, 0.3) is 11.3 Å². The highest BCUT2D eigenvalue weighted by Crippen LogP contribution is 2.27. The average Bonchev–Trinajstić information content (AvgIpc) is 3.30. The van der Waals surface area contributed by atoms with Gasteiger partial charge in [0.25, 0.3) is 5.91 Å². The van der Waals surface area contributed by atoms with E-state index in [-0.39, 0.29) is 29.5 Å². The van der Waals surface area contributed by atoms with E-state index in [1.165, 1.54) is 12.3 Å². The highest BCUT2D eigenvalue weighted by Gasteiger charge is 2.27. The molecule has 2 N–H and O–H groups in total. The van der Waals surface area contributed by atoms with Gasteiger partial charge in [-0.25, -0.2) is 0 Å². The van der Waals surface area contributed by atoms with E-state index in [2.05, 4.69) is 20.8 Å². The van der Waals surface area contributed by atoms with Gasteiger partial charge in [-0.15, -0.1) is 0 Å². The predicted molar refractivity (Wildman–Crippen MR) is 108 cm³/mol. The Morgan fingerprint density at radius 1 is 1.00 bits per heavy atom. The number of hydrogen-bond donors (Lipinski definition) is 2. The zero-order chi connectivity index (χ0) is 20.1. The summed E-state index contributed by atoms with van der Waals surface area (Å²) in [7, 11) is 0. The second kappa shape index (κ2) is 8.68. The minimum atomic E-state index is -0.238. The number of rotatable bonds is 5. The topological polar surface area (TPSA) is 97.1 Å². The van der Waals surface area contributed by atoms with Gasteiger partial charge in [-0.05, 0) is 49.9 Å². The molecule has 2 amide bonds. The summed E-state index contributed by atoms with van der Waals surface area (Å²) in [5, 5.41) is 9.62. The van der Waals surface area contributed by atoms with Crippen molar-refractivity contribution in [3.8, 4) is 11.3 Å². The number of hydrogen-bond acceptors (Lipinski definition) is 5. The molecule has 1 fully saturated rings. The minimum absolute atomic E-state index is 0.0180. The van der Waals surface area contributed by atoms with Crippen LogP contribution in [0.15, 0.2) is 65.5 Å². The molecule has 0 radical (unpaired) electrons. The van der Waals surface area contributed by atoms with Crippen LogP contribution in [0.4, 0.5) is 5.69 Å². The SMILES string of the molecule is O=C(N[C@H]1CC[C@@H](C(=O)Nc2cccc(-c3ccccn3)c2)CC1)c1ccon1. The molecule has 4 rings (SSSR count). The summed E-state index contributed by atoms with van der Waals surface area (Å²) in [6.07, 6.45) is 6.11. The Labute approximate surface area is 168 Å². The van der Waals surface area contributed by atoms with Crippen LogP contribution in [0, 0.1) is 5.92 Å². The fraction of sp³-hybridized carbons (Fsp3) is 0.273. The number of aromatic nitrogens is 2. The lowest BCUT2D eigenvalue weighted by Gasteiger charge is -2.28. The van der Waals surface area contributed by atoms with Gasteiger partial charge in [-0.2, -0.15) is 0 Å². The molecule has 1 aromatic carbocycles. The van der Waals surface area contributed by atoms with Crippen molar-refractivity contribution in [2.45, 2.75) is 31.7 Å². The van der Waals surface area contributed by atoms with Gasteiger partial charge in [0.2, 0.25) is 5.91 Å². The van der Waals surface area contributed by atoms with E-state index in [0.29, 0.717) is 0 Å². The highest BCUT2D eigenvalue weighted by atomic mass is 16.5. The largest absolute Gasteiger partial charge is 0.364 e. The van der Waals surface area contributed by atoms with E-state index < -0.39 is 0 Å². The van der Waals surface area contributed by atoms with Gasteiger partial charge in [-0.3, -0.25) is 14.6 Å². The van der Waals surface area contributed by atoms with Crippen LogP contribution in [0.2, 0.25) is 0 Å². The smallest absolute Gasteiger partial charge is 0.273 e. The molecule has 2 aromatic heterocycles. The Bertz CT molecular complexity index is 965. The van der Waals surface area contributed by atoms with Crippen molar-refractivity contribution in [1.82, 2.24) is 15.5 Å². The van der Waals surface area contributed by atoms with E-state index in [1.54, 1.807) is 6.20 Å². The lowest BCUT2D eigenvalue weighted by molar-refractivity contribution is -0.120. The van der Waals surface area contributed by atoms with Gasteiger partial charge in [0, 0.05) is 35.5 Å². The summed E-state index contributed by atoms with van der Waals surface area (Å²) in [4.78, 5) is 29.1. The van der Waals surface area contributed by atoms with E-state index in [1.807, 2.05) is 42.5 Å². The molecular formula is C22H22N4O3. The lowest BCUT2D eigenvalue weighted by atomic mass is 9.85. The normalized spacial score (nSPS) is 18.8. The van der Waals surface area contributed by atoms with Crippen LogP contribution in [0.1, 0.15) is 36.2 Å². The van der Waals surface area contributed by atoms with Gasteiger partial charge in [0.05, 0.1) is 5.69 Å². The first kappa shape index (κ1) is 18.9. The molecule has 3 aromatic rings. The van der Waals surface area contributed by atoms with Crippen molar-refractivity contribution >= 4 is 17.5 Å². The highest BCUT2D eigenvalue weighted by molar-refractivity contribution is 5.93. The molecule has 1 aliphatic carbocycles.